The highest BCUT2D eigenvalue weighted by Gasteiger charge is 2.05. The van der Waals surface area contributed by atoms with E-state index >= 15 is 0 Å². The number of hydrogen-bond donors (Lipinski definition) is 3. The topological polar surface area (TPSA) is 53.2 Å². The Balaban J connectivity index is 2.34. The van der Waals surface area contributed by atoms with Gasteiger partial charge in [-0.3, -0.25) is 15.6 Å². The molecule has 1 aromatic rings. The molecule has 0 aliphatic rings. The van der Waals surface area contributed by atoms with Gasteiger partial charge < -0.3 is 5.32 Å². The Morgan fingerprint density at radius 1 is 1.18 bits per heavy atom. The van der Waals surface area contributed by atoms with E-state index in [1.807, 2.05) is 24.3 Å². The molecular weight excluding hydrogens is 294 g/mol. The summed E-state index contributed by atoms with van der Waals surface area (Å²) in [5, 5.41) is 3.50. The summed E-state index contributed by atoms with van der Waals surface area (Å²) in [6.07, 6.45) is 4.44. The van der Waals surface area contributed by atoms with Crippen molar-refractivity contribution < 1.29 is 4.79 Å². The van der Waals surface area contributed by atoms with Gasteiger partial charge in [0.25, 0.3) is 5.91 Å². The van der Waals surface area contributed by atoms with E-state index < -0.39 is 0 Å². The molecule has 1 rings (SSSR count). The Hall–Kier alpha value is -1.62. The quantitative estimate of drug-likeness (QED) is 0.533. The molecule has 1 aromatic carbocycles. The van der Waals surface area contributed by atoms with Gasteiger partial charge in [-0.05, 0) is 55.1 Å². The minimum absolute atomic E-state index is 0.185. The summed E-state index contributed by atoms with van der Waals surface area (Å²) in [4.78, 5) is 12.0. The first-order valence-corrected chi connectivity index (χ1v) is 8.37. The van der Waals surface area contributed by atoms with Crippen LogP contribution >= 0.6 is 12.2 Å². The maximum absolute atomic E-state index is 12.0. The van der Waals surface area contributed by atoms with Crippen molar-refractivity contribution in [2.24, 2.45) is 5.92 Å². The Morgan fingerprint density at radius 2 is 1.86 bits per heavy atom. The van der Waals surface area contributed by atoms with Crippen LogP contribution in [0.3, 0.4) is 0 Å². The van der Waals surface area contributed by atoms with Crippen LogP contribution in [0.1, 0.15) is 56.0 Å². The summed E-state index contributed by atoms with van der Waals surface area (Å²) in [5.41, 5.74) is 7.22. The number of carbonyl (C=O) groups is 1. The highest BCUT2D eigenvalue weighted by atomic mass is 32.1. The molecule has 1 amide bonds. The molecule has 0 unspecified atom stereocenters. The molecule has 0 aliphatic carbocycles. The standard InChI is InChI=1S/C17H27N3OS/c1-4-5-6-14-7-9-15(10-8-14)16(21)19-20-17(22)18-12-11-13(2)3/h7-10,13H,4-6,11-12H2,1-3H3,(H,19,21)(H2,18,20,22). The van der Waals surface area contributed by atoms with E-state index in [0.29, 0.717) is 16.6 Å². The lowest BCUT2D eigenvalue weighted by atomic mass is 10.1. The van der Waals surface area contributed by atoms with Crippen molar-refractivity contribution in [2.45, 2.75) is 46.5 Å². The molecule has 122 valence electrons. The van der Waals surface area contributed by atoms with Gasteiger partial charge in [0.15, 0.2) is 5.11 Å². The lowest BCUT2D eigenvalue weighted by Gasteiger charge is -2.12. The second kappa shape index (κ2) is 10.2. The number of hydrogen-bond acceptors (Lipinski definition) is 2. The van der Waals surface area contributed by atoms with Gasteiger partial charge in [-0.15, -0.1) is 0 Å². The van der Waals surface area contributed by atoms with Crippen molar-refractivity contribution in [2.75, 3.05) is 6.54 Å². The minimum Gasteiger partial charge on any atom is -0.361 e. The molecule has 0 saturated heterocycles. The average molecular weight is 321 g/mol. The van der Waals surface area contributed by atoms with Gasteiger partial charge in [-0.2, -0.15) is 0 Å². The number of aryl methyl sites for hydroxylation is 1. The monoisotopic (exact) mass is 321 g/mol. The lowest BCUT2D eigenvalue weighted by Crippen LogP contribution is -2.47. The first-order valence-electron chi connectivity index (χ1n) is 7.96. The summed E-state index contributed by atoms with van der Waals surface area (Å²) in [7, 11) is 0. The molecule has 5 heteroatoms. The predicted molar refractivity (Wildman–Crippen MR) is 95.7 cm³/mol. The number of unbranched alkanes of at least 4 members (excludes halogenated alkanes) is 1. The number of benzene rings is 1. The number of rotatable bonds is 7. The fourth-order valence-corrected chi connectivity index (χ4v) is 2.06. The predicted octanol–water partition coefficient (Wildman–Crippen LogP) is 3.18. The molecule has 0 atom stereocenters. The second-order valence-corrected chi connectivity index (χ2v) is 6.23. The van der Waals surface area contributed by atoms with Crippen LogP contribution in [0.2, 0.25) is 0 Å². The van der Waals surface area contributed by atoms with Crippen LogP contribution in [0.15, 0.2) is 24.3 Å². The van der Waals surface area contributed by atoms with Gasteiger partial charge >= 0.3 is 0 Å². The van der Waals surface area contributed by atoms with Gasteiger partial charge in [0.05, 0.1) is 0 Å². The van der Waals surface area contributed by atoms with Crippen LogP contribution in [-0.4, -0.2) is 17.6 Å². The van der Waals surface area contributed by atoms with Crippen LogP contribution in [0.25, 0.3) is 0 Å². The number of carbonyl (C=O) groups excluding carboxylic acids is 1. The smallest absolute Gasteiger partial charge is 0.269 e. The maximum atomic E-state index is 12.0. The average Bonchev–Trinajstić information content (AvgIpc) is 2.50. The van der Waals surface area contributed by atoms with Crippen molar-refractivity contribution in [3.63, 3.8) is 0 Å². The third kappa shape index (κ3) is 7.41. The first kappa shape index (κ1) is 18.4. The molecule has 22 heavy (non-hydrogen) atoms. The van der Waals surface area contributed by atoms with E-state index in [1.165, 1.54) is 18.4 Å². The van der Waals surface area contributed by atoms with Gasteiger partial charge in [-0.1, -0.05) is 39.3 Å². The van der Waals surface area contributed by atoms with E-state index in [9.17, 15) is 4.79 Å². The van der Waals surface area contributed by atoms with Crippen molar-refractivity contribution in [3.8, 4) is 0 Å². The van der Waals surface area contributed by atoms with Crippen molar-refractivity contribution >= 4 is 23.2 Å². The lowest BCUT2D eigenvalue weighted by molar-refractivity contribution is 0.0943. The van der Waals surface area contributed by atoms with E-state index in [-0.39, 0.29) is 5.91 Å². The van der Waals surface area contributed by atoms with Crippen molar-refractivity contribution in [1.82, 2.24) is 16.2 Å². The van der Waals surface area contributed by atoms with Gasteiger partial charge in [0.1, 0.15) is 0 Å². The fourth-order valence-electron chi connectivity index (χ4n) is 1.91. The fraction of sp³-hybridized carbons (Fsp3) is 0.529. The Bertz CT molecular complexity index is 471. The van der Waals surface area contributed by atoms with Crippen LogP contribution in [0.4, 0.5) is 0 Å². The SMILES string of the molecule is CCCCc1ccc(C(=O)NNC(=S)NCCC(C)C)cc1. The Labute approximate surface area is 139 Å². The van der Waals surface area contributed by atoms with Crippen LogP contribution < -0.4 is 16.2 Å². The molecule has 0 spiro atoms. The summed E-state index contributed by atoms with van der Waals surface area (Å²) in [5.74, 6) is 0.436. The van der Waals surface area contributed by atoms with E-state index in [2.05, 4.69) is 36.9 Å². The summed E-state index contributed by atoms with van der Waals surface area (Å²) >= 11 is 5.11. The molecule has 0 radical (unpaired) electrons. The van der Waals surface area contributed by atoms with E-state index in [0.717, 1.165) is 19.4 Å². The molecular formula is C17H27N3OS. The van der Waals surface area contributed by atoms with Crippen LogP contribution in [0.5, 0.6) is 0 Å². The summed E-state index contributed by atoms with van der Waals surface area (Å²) < 4.78 is 0. The maximum Gasteiger partial charge on any atom is 0.269 e. The van der Waals surface area contributed by atoms with Gasteiger partial charge in [0, 0.05) is 12.1 Å². The Morgan fingerprint density at radius 3 is 2.45 bits per heavy atom. The Kier molecular flexibility index (Phi) is 8.51. The first-order chi connectivity index (χ1) is 10.5. The summed E-state index contributed by atoms with van der Waals surface area (Å²) in [6, 6.07) is 7.70. The second-order valence-electron chi connectivity index (χ2n) is 5.82. The van der Waals surface area contributed by atoms with Crippen LogP contribution in [-0.2, 0) is 6.42 Å². The molecule has 4 nitrogen and oxygen atoms in total. The summed E-state index contributed by atoms with van der Waals surface area (Å²) in [6.45, 7) is 7.28. The third-order valence-corrected chi connectivity index (χ3v) is 3.58. The highest BCUT2D eigenvalue weighted by Crippen LogP contribution is 2.07. The van der Waals surface area contributed by atoms with Crippen LogP contribution in [0, 0.1) is 5.92 Å². The number of thiocarbonyl (C=S) groups is 1. The molecule has 0 bridgehead atoms. The number of nitrogens with one attached hydrogen (secondary N) is 3. The molecule has 0 fully saturated rings. The molecule has 0 heterocycles. The normalized spacial score (nSPS) is 10.4. The minimum atomic E-state index is -0.185. The molecule has 0 aromatic heterocycles. The zero-order chi connectivity index (χ0) is 16.4. The van der Waals surface area contributed by atoms with Crippen molar-refractivity contribution in [1.29, 1.82) is 0 Å². The van der Waals surface area contributed by atoms with E-state index in [1.54, 1.807) is 0 Å². The number of amides is 1. The van der Waals surface area contributed by atoms with Gasteiger partial charge in [-0.25, -0.2) is 0 Å². The largest absolute Gasteiger partial charge is 0.361 e. The molecule has 0 saturated carbocycles. The third-order valence-electron chi connectivity index (χ3n) is 3.33. The highest BCUT2D eigenvalue weighted by molar-refractivity contribution is 7.80. The molecule has 0 aliphatic heterocycles. The number of hydrazine groups is 1. The zero-order valence-corrected chi connectivity index (χ0v) is 14.6. The van der Waals surface area contributed by atoms with Gasteiger partial charge in [0.2, 0.25) is 0 Å². The molecule has 3 N–H and O–H groups in total. The zero-order valence-electron chi connectivity index (χ0n) is 13.7. The van der Waals surface area contributed by atoms with E-state index in [4.69, 9.17) is 12.2 Å². The van der Waals surface area contributed by atoms with Crippen molar-refractivity contribution in [3.05, 3.63) is 35.4 Å².